The van der Waals surface area contributed by atoms with Gasteiger partial charge in [0.05, 0.1) is 12.1 Å². The van der Waals surface area contributed by atoms with Gasteiger partial charge in [0.1, 0.15) is 11.9 Å². The van der Waals surface area contributed by atoms with Crippen LogP contribution in [0, 0.1) is 0 Å². The van der Waals surface area contributed by atoms with Crippen molar-refractivity contribution in [3.05, 3.63) is 65.2 Å². The number of ether oxygens (including phenoxy) is 1. The zero-order valence-corrected chi connectivity index (χ0v) is 17.9. The number of nitrogens with one attached hydrogen (secondary N) is 2. The second-order valence-electron chi connectivity index (χ2n) is 8.09. The third-order valence-electron chi connectivity index (χ3n) is 4.26. The van der Waals surface area contributed by atoms with Crippen LogP contribution in [0.4, 0.5) is 5.69 Å². The van der Waals surface area contributed by atoms with E-state index < -0.39 is 5.60 Å². The molecule has 7 nitrogen and oxygen atoms in total. The van der Waals surface area contributed by atoms with Crippen molar-refractivity contribution in [1.82, 2.24) is 10.7 Å². The molecule has 1 amide bonds. The summed E-state index contributed by atoms with van der Waals surface area (Å²) in [7, 11) is 0. The van der Waals surface area contributed by atoms with Gasteiger partial charge in [-0.25, -0.2) is 10.8 Å². The molecule has 0 bridgehead atoms. The normalized spacial score (nSPS) is 12.4. The van der Waals surface area contributed by atoms with E-state index in [1.165, 1.54) is 6.34 Å². The second-order valence-corrected chi connectivity index (χ2v) is 8.09. The van der Waals surface area contributed by atoms with Gasteiger partial charge in [-0.05, 0) is 56.0 Å². The Morgan fingerprint density at radius 2 is 1.90 bits per heavy atom. The molecule has 0 spiro atoms. The highest BCUT2D eigenvalue weighted by atomic mass is 16.6. The number of esters is 1. The lowest BCUT2D eigenvalue weighted by molar-refractivity contribution is -0.155. The van der Waals surface area contributed by atoms with Gasteiger partial charge in [-0.15, -0.1) is 0 Å². The second kappa shape index (κ2) is 10.5. The van der Waals surface area contributed by atoms with E-state index >= 15 is 0 Å². The van der Waals surface area contributed by atoms with Crippen LogP contribution in [-0.2, 0) is 16.1 Å². The number of hydrazine groups is 1. The summed E-state index contributed by atoms with van der Waals surface area (Å²) in [6.07, 6.45) is 1.65. The van der Waals surface area contributed by atoms with Crippen LogP contribution in [0.3, 0.4) is 0 Å². The number of rotatable bonds is 8. The van der Waals surface area contributed by atoms with Gasteiger partial charge in [0.25, 0.3) is 5.91 Å². The molecule has 0 aromatic heterocycles. The molecule has 1 atom stereocenters. The number of nitrogens with zero attached hydrogens (tertiary/aromatic N) is 1. The number of amides is 1. The van der Waals surface area contributed by atoms with Crippen molar-refractivity contribution in [1.29, 1.82) is 0 Å². The first kappa shape index (κ1) is 23.1. The Balaban J connectivity index is 1.97. The summed E-state index contributed by atoms with van der Waals surface area (Å²) in [6, 6.07) is 14.8. The van der Waals surface area contributed by atoms with Gasteiger partial charge >= 0.3 is 5.97 Å². The predicted molar refractivity (Wildman–Crippen MR) is 118 cm³/mol. The molecule has 0 heterocycles. The molecule has 2 aromatic rings. The number of carbonyl (C=O) groups is 2. The summed E-state index contributed by atoms with van der Waals surface area (Å²) in [6.45, 7) is 7.94. The van der Waals surface area contributed by atoms with Crippen molar-refractivity contribution in [2.75, 3.05) is 0 Å². The summed E-state index contributed by atoms with van der Waals surface area (Å²) in [5.74, 6) is 4.77. The van der Waals surface area contributed by atoms with Crippen LogP contribution < -0.4 is 16.6 Å². The number of carbonyl (C=O) groups excluding carboxylic acids is 2. The smallest absolute Gasteiger partial charge is 0.306 e. The minimum Gasteiger partial charge on any atom is -0.460 e. The summed E-state index contributed by atoms with van der Waals surface area (Å²) >= 11 is 0. The number of hydrogen-bond donors (Lipinski definition) is 3. The first-order valence-electron chi connectivity index (χ1n) is 9.85. The van der Waals surface area contributed by atoms with Crippen LogP contribution in [-0.4, -0.2) is 23.8 Å². The van der Waals surface area contributed by atoms with Crippen LogP contribution in [0.1, 0.15) is 61.5 Å². The molecule has 0 saturated heterocycles. The molecule has 0 aliphatic rings. The minimum absolute atomic E-state index is 0.0150. The lowest BCUT2D eigenvalue weighted by atomic mass is 9.96. The van der Waals surface area contributed by atoms with Crippen molar-refractivity contribution < 1.29 is 14.3 Å². The lowest BCUT2D eigenvalue weighted by Gasteiger charge is -2.21. The highest BCUT2D eigenvalue weighted by molar-refractivity contribution is 5.95. The minimum atomic E-state index is -0.494. The van der Waals surface area contributed by atoms with Crippen molar-refractivity contribution >= 4 is 23.9 Å². The van der Waals surface area contributed by atoms with E-state index in [-0.39, 0.29) is 17.8 Å². The van der Waals surface area contributed by atoms with E-state index in [4.69, 9.17) is 10.6 Å². The molecule has 160 valence electrons. The molecule has 7 heteroatoms. The standard InChI is InChI=1S/C23H30N4O3/c1-16(11-21(28)30-23(2,3)4)18-8-5-7-17(12-18)14-25-22(29)19-9-6-10-20(13-19)26-15-27-24/h5-10,12-13,15-16H,11,14,24H2,1-4H3,(H,25,29)(H,26,27). The van der Waals surface area contributed by atoms with Crippen molar-refractivity contribution in [3.8, 4) is 0 Å². The summed E-state index contributed by atoms with van der Waals surface area (Å²) in [5, 5.41) is 2.91. The zero-order valence-electron chi connectivity index (χ0n) is 17.9. The molecular weight excluding hydrogens is 380 g/mol. The first-order chi connectivity index (χ1) is 14.2. The van der Waals surface area contributed by atoms with Crippen molar-refractivity contribution in [2.45, 2.75) is 52.2 Å². The van der Waals surface area contributed by atoms with Gasteiger partial charge in [-0.1, -0.05) is 37.3 Å². The Labute approximate surface area is 177 Å². The molecule has 1 unspecified atom stereocenters. The predicted octanol–water partition coefficient (Wildman–Crippen LogP) is 3.58. The molecule has 2 aromatic carbocycles. The van der Waals surface area contributed by atoms with Crippen LogP contribution in [0.25, 0.3) is 0 Å². The van der Waals surface area contributed by atoms with E-state index in [0.29, 0.717) is 24.2 Å². The maximum absolute atomic E-state index is 12.5. The Kier molecular flexibility index (Phi) is 8.12. The molecule has 0 saturated carbocycles. The van der Waals surface area contributed by atoms with Crippen LogP contribution in [0.5, 0.6) is 0 Å². The van der Waals surface area contributed by atoms with Gasteiger partial charge < -0.3 is 15.5 Å². The monoisotopic (exact) mass is 410 g/mol. The van der Waals surface area contributed by atoms with E-state index in [9.17, 15) is 9.59 Å². The highest BCUT2D eigenvalue weighted by Crippen LogP contribution is 2.22. The maximum atomic E-state index is 12.5. The third-order valence-corrected chi connectivity index (χ3v) is 4.26. The Morgan fingerprint density at radius 3 is 2.60 bits per heavy atom. The molecular formula is C23H30N4O3. The maximum Gasteiger partial charge on any atom is 0.306 e. The Bertz CT molecular complexity index is 903. The SMILES string of the molecule is CC(CC(=O)OC(C)(C)C)c1cccc(CNC(=O)c2cccc(N=CNN)c2)c1. The van der Waals surface area contributed by atoms with Crippen LogP contribution in [0.2, 0.25) is 0 Å². The van der Waals surface area contributed by atoms with E-state index in [0.717, 1.165) is 11.1 Å². The zero-order chi connectivity index (χ0) is 22.1. The van der Waals surface area contributed by atoms with Gasteiger partial charge in [-0.3, -0.25) is 9.59 Å². The van der Waals surface area contributed by atoms with Crippen LogP contribution in [0.15, 0.2) is 53.5 Å². The van der Waals surface area contributed by atoms with E-state index in [1.54, 1.807) is 24.3 Å². The molecule has 4 N–H and O–H groups in total. The molecule has 0 radical (unpaired) electrons. The van der Waals surface area contributed by atoms with Gasteiger partial charge in [0.2, 0.25) is 0 Å². The summed E-state index contributed by atoms with van der Waals surface area (Å²) in [5.41, 5.74) is 4.95. The number of aliphatic imine (C=N–C) groups is 1. The lowest BCUT2D eigenvalue weighted by Crippen LogP contribution is -2.24. The first-order valence-corrected chi connectivity index (χ1v) is 9.85. The molecule has 0 fully saturated rings. The third kappa shape index (κ3) is 7.67. The van der Waals surface area contributed by atoms with Crippen LogP contribution >= 0.6 is 0 Å². The fourth-order valence-corrected chi connectivity index (χ4v) is 2.88. The van der Waals surface area contributed by atoms with Gasteiger partial charge in [0, 0.05) is 12.1 Å². The Morgan fingerprint density at radius 1 is 1.17 bits per heavy atom. The average molecular weight is 411 g/mol. The highest BCUT2D eigenvalue weighted by Gasteiger charge is 2.19. The number of hydrogen-bond acceptors (Lipinski definition) is 5. The largest absolute Gasteiger partial charge is 0.460 e. The van der Waals surface area contributed by atoms with Crippen molar-refractivity contribution in [3.63, 3.8) is 0 Å². The van der Waals surface area contributed by atoms with Crippen molar-refractivity contribution in [2.24, 2.45) is 10.8 Å². The van der Waals surface area contributed by atoms with Gasteiger partial charge in [0.15, 0.2) is 0 Å². The average Bonchev–Trinajstić information content (AvgIpc) is 2.69. The van der Waals surface area contributed by atoms with Gasteiger partial charge in [-0.2, -0.15) is 0 Å². The Hall–Kier alpha value is -3.19. The van der Waals surface area contributed by atoms with E-state index in [2.05, 4.69) is 15.7 Å². The molecule has 0 aliphatic heterocycles. The molecule has 30 heavy (non-hydrogen) atoms. The number of benzene rings is 2. The summed E-state index contributed by atoms with van der Waals surface area (Å²) < 4.78 is 5.41. The topological polar surface area (TPSA) is 106 Å². The molecule has 2 rings (SSSR count). The quantitative estimate of drug-likeness (QED) is 0.203. The summed E-state index contributed by atoms with van der Waals surface area (Å²) in [4.78, 5) is 28.7. The fraction of sp³-hybridized carbons (Fsp3) is 0.348. The molecule has 0 aliphatic carbocycles. The fourth-order valence-electron chi connectivity index (χ4n) is 2.88. The number of nitrogens with two attached hydrogens (primary N) is 1. The van der Waals surface area contributed by atoms with E-state index in [1.807, 2.05) is 52.0 Å².